The average molecular weight is 261 g/mol. The number of fused-ring (bicyclic) bond motifs is 1. The van der Waals surface area contributed by atoms with Gasteiger partial charge in [-0.3, -0.25) is 9.69 Å². The molecule has 0 spiro atoms. The number of rotatable bonds is 4. The van der Waals surface area contributed by atoms with Gasteiger partial charge in [0.25, 0.3) is 0 Å². The molecule has 4 nitrogen and oxygen atoms in total. The maximum atomic E-state index is 10.6. The van der Waals surface area contributed by atoms with E-state index in [1.54, 1.807) is 0 Å². The Morgan fingerprint density at radius 3 is 2.95 bits per heavy atom. The minimum absolute atomic E-state index is 0.149. The summed E-state index contributed by atoms with van der Waals surface area (Å²) in [6.45, 7) is 3.43. The highest BCUT2D eigenvalue weighted by atomic mass is 16.5. The average Bonchev–Trinajstić information content (AvgIpc) is 2.36. The molecule has 2 heterocycles. The molecule has 1 atom stereocenters. The first-order valence-corrected chi connectivity index (χ1v) is 6.86. The van der Waals surface area contributed by atoms with Crippen LogP contribution < -0.4 is 0 Å². The van der Waals surface area contributed by atoms with Crippen molar-refractivity contribution in [2.45, 2.75) is 18.9 Å². The first-order chi connectivity index (χ1) is 9.22. The lowest BCUT2D eigenvalue weighted by Crippen LogP contribution is -2.49. The van der Waals surface area contributed by atoms with E-state index in [1.807, 2.05) is 0 Å². The third kappa shape index (κ3) is 2.80. The quantitative estimate of drug-likeness (QED) is 0.896. The summed E-state index contributed by atoms with van der Waals surface area (Å²) < 4.78 is 5.87. The zero-order valence-electron chi connectivity index (χ0n) is 10.9. The van der Waals surface area contributed by atoms with Crippen molar-refractivity contribution >= 4 is 5.97 Å². The van der Waals surface area contributed by atoms with Gasteiger partial charge in [-0.05, 0) is 23.5 Å². The van der Waals surface area contributed by atoms with Gasteiger partial charge in [0.2, 0.25) is 0 Å². The van der Waals surface area contributed by atoms with Crippen LogP contribution >= 0.6 is 0 Å². The van der Waals surface area contributed by atoms with E-state index in [0.29, 0.717) is 12.3 Å². The highest BCUT2D eigenvalue weighted by Crippen LogP contribution is 2.30. The minimum Gasteiger partial charge on any atom is -0.481 e. The summed E-state index contributed by atoms with van der Waals surface area (Å²) >= 11 is 0. The molecular formula is C15H19NO3. The molecule has 1 unspecified atom stereocenters. The summed E-state index contributed by atoms with van der Waals surface area (Å²) in [7, 11) is 0. The van der Waals surface area contributed by atoms with Gasteiger partial charge < -0.3 is 9.84 Å². The van der Waals surface area contributed by atoms with Crippen molar-refractivity contribution in [3.63, 3.8) is 0 Å². The number of carboxylic acid groups (broad SMARTS) is 1. The van der Waals surface area contributed by atoms with Crippen LogP contribution in [0.5, 0.6) is 0 Å². The molecule has 1 N–H and O–H groups in total. The Morgan fingerprint density at radius 1 is 1.37 bits per heavy atom. The van der Waals surface area contributed by atoms with E-state index in [9.17, 15) is 4.79 Å². The second kappa shape index (κ2) is 5.31. The van der Waals surface area contributed by atoms with Crippen molar-refractivity contribution in [3.8, 4) is 0 Å². The number of carboxylic acids is 1. The van der Waals surface area contributed by atoms with Crippen LogP contribution in [0.4, 0.5) is 0 Å². The van der Waals surface area contributed by atoms with E-state index >= 15 is 0 Å². The standard InChI is InChI=1S/C15H19NO3/c17-15(18)7-11-8-16(9-11)10-14-13-4-2-1-3-12(13)5-6-19-14/h1-4,11,14H,5-10H2,(H,17,18). The third-order valence-electron chi connectivity index (χ3n) is 4.01. The number of aliphatic carboxylic acids is 1. The SMILES string of the molecule is O=C(O)CC1CN(CC2OCCc3ccccc32)C1. The van der Waals surface area contributed by atoms with Crippen molar-refractivity contribution in [2.24, 2.45) is 5.92 Å². The van der Waals surface area contributed by atoms with Crippen LogP contribution in [-0.2, 0) is 16.0 Å². The summed E-state index contributed by atoms with van der Waals surface area (Å²) in [6, 6.07) is 8.46. The molecule has 19 heavy (non-hydrogen) atoms. The van der Waals surface area contributed by atoms with Crippen LogP contribution in [0.3, 0.4) is 0 Å². The first kappa shape index (κ1) is 12.6. The van der Waals surface area contributed by atoms with E-state index in [1.165, 1.54) is 11.1 Å². The van der Waals surface area contributed by atoms with Gasteiger partial charge in [-0.2, -0.15) is 0 Å². The van der Waals surface area contributed by atoms with Crippen molar-refractivity contribution in [1.29, 1.82) is 0 Å². The van der Waals surface area contributed by atoms with Crippen molar-refractivity contribution < 1.29 is 14.6 Å². The summed E-state index contributed by atoms with van der Waals surface area (Å²) in [5.74, 6) is -0.375. The molecule has 0 saturated carbocycles. The Morgan fingerprint density at radius 2 is 2.16 bits per heavy atom. The molecule has 0 aliphatic carbocycles. The van der Waals surface area contributed by atoms with Gasteiger partial charge in [0.05, 0.1) is 19.1 Å². The van der Waals surface area contributed by atoms with Gasteiger partial charge in [0.1, 0.15) is 0 Å². The van der Waals surface area contributed by atoms with Crippen molar-refractivity contribution in [3.05, 3.63) is 35.4 Å². The molecule has 0 aromatic heterocycles. The monoisotopic (exact) mass is 261 g/mol. The van der Waals surface area contributed by atoms with Gasteiger partial charge in [0.15, 0.2) is 0 Å². The van der Waals surface area contributed by atoms with Crippen molar-refractivity contribution in [1.82, 2.24) is 4.90 Å². The van der Waals surface area contributed by atoms with Crippen LogP contribution in [0.1, 0.15) is 23.7 Å². The Bertz CT molecular complexity index is 468. The molecule has 4 heteroatoms. The third-order valence-corrected chi connectivity index (χ3v) is 4.01. The second-order valence-corrected chi connectivity index (χ2v) is 5.49. The number of nitrogens with zero attached hydrogens (tertiary/aromatic N) is 1. The van der Waals surface area contributed by atoms with Gasteiger partial charge in [-0.25, -0.2) is 0 Å². The maximum absolute atomic E-state index is 10.6. The largest absolute Gasteiger partial charge is 0.481 e. The van der Waals surface area contributed by atoms with Crippen LogP contribution in [0.25, 0.3) is 0 Å². The van der Waals surface area contributed by atoms with E-state index < -0.39 is 5.97 Å². The highest BCUT2D eigenvalue weighted by molar-refractivity contribution is 5.67. The smallest absolute Gasteiger partial charge is 0.303 e. The molecule has 1 saturated heterocycles. The number of benzene rings is 1. The molecule has 2 aliphatic rings. The number of carbonyl (C=O) groups is 1. The second-order valence-electron chi connectivity index (χ2n) is 5.49. The zero-order valence-corrected chi connectivity index (χ0v) is 10.9. The molecule has 0 radical (unpaired) electrons. The van der Waals surface area contributed by atoms with E-state index in [4.69, 9.17) is 9.84 Å². The van der Waals surface area contributed by atoms with Crippen molar-refractivity contribution in [2.75, 3.05) is 26.2 Å². The predicted molar refractivity (Wildman–Crippen MR) is 71.0 cm³/mol. The van der Waals surface area contributed by atoms with Gasteiger partial charge in [-0.15, -0.1) is 0 Å². The lowest BCUT2D eigenvalue weighted by Gasteiger charge is -2.41. The summed E-state index contributed by atoms with van der Waals surface area (Å²) in [6.07, 6.45) is 1.43. The summed E-state index contributed by atoms with van der Waals surface area (Å²) in [4.78, 5) is 12.9. The molecule has 102 valence electrons. The normalized spacial score (nSPS) is 23.7. The molecule has 3 rings (SSSR count). The molecular weight excluding hydrogens is 242 g/mol. The molecule has 0 amide bonds. The van der Waals surface area contributed by atoms with Gasteiger partial charge in [-0.1, -0.05) is 24.3 Å². The zero-order chi connectivity index (χ0) is 13.2. The van der Waals surface area contributed by atoms with E-state index in [2.05, 4.69) is 29.2 Å². The topological polar surface area (TPSA) is 49.8 Å². The van der Waals surface area contributed by atoms with E-state index in [0.717, 1.165) is 32.7 Å². The van der Waals surface area contributed by atoms with Crippen LogP contribution in [0, 0.1) is 5.92 Å². The lowest BCUT2D eigenvalue weighted by molar-refractivity contribution is -0.139. The minimum atomic E-state index is -0.691. The molecule has 1 fully saturated rings. The Kier molecular flexibility index (Phi) is 3.53. The highest BCUT2D eigenvalue weighted by Gasteiger charge is 2.32. The van der Waals surface area contributed by atoms with Gasteiger partial charge in [0, 0.05) is 19.6 Å². The fourth-order valence-electron chi connectivity index (χ4n) is 3.06. The number of likely N-dealkylation sites (tertiary alicyclic amines) is 1. The van der Waals surface area contributed by atoms with Crippen LogP contribution in [0.2, 0.25) is 0 Å². The fraction of sp³-hybridized carbons (Fsp3) is 0.533. The number of hydrogen-bond donors (Lipinski definition) is 1. The van der Waals surface area contributed by atoms with Crippen LogP contribution in [0.15, 0.2) is 24.3 Å². The Balaban J connectivity index is 1.56. The lowest BCUT2D eigenvalue weighted by atomic mass is 9.93. The number of ether oxygens (including phenoxy) is 1. The molecule has 1 aromatic carbocycles. The number of hydrogen-bond acceptors (Lipinski definition) is 3. The van der Waals surface area contributed by atoms with E-state index in [-0.39, 0.29) is 6.10 Å². The summed E-state index contributed by atoms with van der Waals surface area (Å²) in [5, 5.41) is 8.74. The summed E-state index contributed by atoms with van der Waals surface area (Å²) in [5.41, 5.74) is 2.69. The molecule has 2 aliphatic heterocycles. The van der Waals surface area contributed by atoms with Crippen LogP contribution in [-0.4, -0.2) is 42.2 Å². The molecule has 0 bridgehead atoms. The maximum Gasteiger partial charge on any atom is 0.303 e. The molecule has 1 aromatic rings. The van der Waals surface area contributed by atoms with Gasteiger partial charge >= 0.3 is 5.97 Å². The first-order valence-electron chi connectivity index (χ1n) is 6.86. The Hall–Kier alpha value is -1.39. The predicted octanol–water partition coefficient (Wildman–Crippen LogP) is 1.71. The fourth-order valence-corrected chi connectivity index (χ4v) is 3.06. The Labute approximate surface area is 113 Å².